The number of hydrogen-bond acceptors (Lipinski definition) is 4. The van der Waals surface area contributed by atoms with Crippen LogP contribution < -0.4 is 9.64 Å². The number of aromatic nitrogens is 2. The largest absolute Gasteiger partial charge is 0.436 e. The predicted molar refractivity (Wildman–Crippen MR) is 101 cm³/mol. The molecule has 0 unspecified atom stereocenters. The minimum atomic E-state index is 0.602. The Morgan fingerprint density at radius 1 is 0.880 bits per heavy atom. The van der Waals surface area contributed by atoms with Crippen molar-refractivity contribution in [2.75, 3.05) is 18.0 Å². The quantitative estimate of drug-likeness (QED) is 0.675. The van der Waals surface area contributed by atoms with E-state index in [0.29, 0.717) is 5.88 Å². The summed E-state index contributed by atoms with van der Waals surface area (Å²) in [5.74, 6) is 2.27. The Balaban J connectivity index is 1.73. The lowest BCUT2D eigenvalue weighted by atomic mass is 10.1. The highest BCUT2D eigenvalue weighted by Crippen LogP contribution is 2.32. The number of piperidine rings is 1. The van der Waals surface area contributed by atoms with E-state index in [1.807, 2.05) is 36.4 Å². The molecule has 4 rings (SSSR count). The SMILES string of the molecule is CCc1ccc(Oc2nc3ccccc3nc2N2CCCCC2)cc1. The summed E-state index contributed by atoms with van der Waals surface area (Å²) in [5, 5.41) is 0. The molecular weight excluding hydrogens is 310 g/mol. The fraction of sp³-hybridized carbons (Fsp3) is 0.333. The summed E-state index contributed by atoms with van der Waals surface area (Å²) in [6.45, 7) is 4.18. The van der Waals surface area contributed by atoms with E-state index in [0.717, 1.165) is 42.1 Å². The number of nitrogens with zero attached hydrogens (tertiary/aromatic N) is 3. The van der Waals surface area contributed by atoms with Gasteiger partial charge in [-0.15, -0.1) is 0 Å². The number of benzene rings is 2. The van der Waals surface area contributed by atoms with Crippen molar-refractivity contribution in [3.63, 3.8) is 0 Å². The normalized spacial score (nSPS) is 14.7. The molecule has 1 aromatic heterocycles. The van der Waals surface area contributed by atoms with Crippen LogP contribution in [-0.2, 0) is 6.42 Å². The van der Waals surface area contributed by atoms with E-state index in [4.69, 9.17) is 14.7 Å². The van der Waals surface area contributed by atoms with E-state index < -0.39 is 0 Å². The lowest BCUT2D eigenvalue weighted by Gasteiger charge is -2.28. The fourth-order valence-corrected chi connectivity index (χ4v) is 3.26. The maximum Gasteiger partial charge on any atom is 0.263 e. The maximum absolute atomic E-state index is 6.16. The summed E-state index contributed by atoms with van der Waals surface area (Å²) in [4.78, 5) is 11.9. The highest BCUT2D eigenvalue weighted by molar-refractivity contribution is 5.77. The van der Waals surface area contributed by atoms with Gasteiger partial charge in [-0.3, -0.25) is 0 Å². The van der Waals surface area contributed by atoms with Crippen LogP contribution in [0.5, 0.6) is 11.6 Å². The lowest BCUT2D eigenvalue weighted by molar-refractivity contribution is 0.457. The van der Waals surface area contributed by atoms with Crippen molar-refractivity contribution in [2.45, 2.75) is 32.6 Å². The van der Waals surface area contributed by atoms with Gasteiger partial charge in [-0.1, -0.05) is 31.2 Å². The number of aryl methyl sites for hydroxylation is 1. The van der Waals surface area contributed by atoms with Crippen molar-refractivity contribution in [2.24, 2.45) is 0 Å². The van der Waals surface area contributed by atoms with E-state index in [-0.39, 0.29) is 0 Å². The molecule has 1 saturated heterocycles. The zero-order valence-corrected chi connectivity index (χ0v) is 14.6. The van der Waals surface area contributed by atoms with Crippen LogP contribution in [0.2, 0.25) is 0 Å². The first-order valence-corrected chi connectivity index (χ1v) is 9.12. The van der Waals surface area contributed by atoms with E-state index in [2.05, 4.69) is 24.0 Å². The van der Waals surface area contributed by atoms with E-state index >= 15 is 0 Å². The number of fused-ring (bicyclic) bond motifs is 1. The van der Waals surface area contributed by atoms with Gasteiger partial charge in [-0.25, -0.2) is 9.97 Å². The van der Waals surface area contributed by atoms with Gasteiger partial charge in [-0.2, -0.15) is 0 Å². The second kappa shape index (κ2) is 7.09. The number of hydrogen-bond donors (Lipinski definition) is 0. The second-order valence-corrected chi connectivity index (χ2v) is 6.49. The Labute approximate surface area is 148 Å². The predicted octanol–water partition coefficient (Wildman–Crippen LogP) is 4.97. The lowest BCUT2D eigenvalue weighted by Crippen LogP contribution is -2.30. The molecule has 3 aromatic rings. The third-order valence-corrected chi connectivity index (χ3v) is 4.72. The van der Waals surface area contributed by atoms with E-state index in [1.54, 1.807) is 0 Å². The van der Waals surface area contributed by atoms with Gasteiger partial charge in [0, 0.05) is 13.1 Å². The Morgan fingerprint density at radius 2 is 1.56 bits per heavy atom. The highest BCUT2D eigenvalue weighted by Gasteiger charge is 2.20. The van der Waals surface area contributed by atoms with Crippen LogP contribution in [0, 0.1) is 0 Å². The Hall–Kier alpha value is -2.62. The van der Waals surface area contributed by atoms with Gasteiger partial charge in [0.15, 0.2) is 5.82 Å². The molecule has 2 aromatic carbocycles. The molecule has 25 heavy (non-hydrogen) atoms. The molecule has 4 nitrogen and oxygen atoms in total. The average Bonchev–Trinajstić information content (AvgIpc) is 2.69. The summed E-state index contributed by atoms with van der Waals surface area (Å²) in [6.07, 6.45) is 4.69. The molecule has 0 radical (unpaired) electrons. The second-order valence-electron chi connectivity index (χ2n) is 6.49. The van der Waals surface area contributed by atoms with E-state index in [9.17, 15) is 0 Å². The highest BCUT2D eigenvalue weighted by atomic mass is 16.5. The third kappa shape index (κ3) is 3.43. The molecular formula is C21H23N3O. The zero-order valence-electron chi connectivity index (χ0n) is 14.6. The van der Waals surface area contributed by atoms with Crippen LogP contribution in [0.3, 0.4) is 0 Å². The van der Waals surface area contributed by atoms with Crippen molar-refractivity contribution in [3.8, 4) is 11.6 Å². The fourth-order valence-electron chi connectivity index (χ4n) is 3.26. The summed E-state index contributed by atoms with van der Waals surface area (Å²) >= 11 is 0. The third-order valence-electron chi connectivity index (χ3n) is 4.72. The average molecular weight is 333 g/mol. The first-order chi connectivity index (χ1) is 12.3. The van der Waals surface area contributed by atoms with Crippen LogP contribution in [0.25, 0.3) is 11.0 Å². The Morgan fingerprint density at radius 3 is 2.24 bits per heavy atom. The van der Waals surface area contributed by atoms with Gasteiger partial charge < -0.3 is 9.64 Å². The minimum absolute atomic E-state index is 0.602. The molecule has 1 aliphatic rings. The molecule has 0 N–H and O–H groups in total. The van der Waals surface area contributed by atoms with Crippen LogP contribution in [-0.4, -0.2) is 23.1 Å². The van der Waals surface area contributed by atoms with E-state index in [1.165, 1.54) is 24.8 Å². The first-order valence-electron chi connectivity index (χ1n) is 9.12. The smallest absolute Gasteiger partial charge is 0.263 e. The van der Waals surface area contributed by atoms with Gasteiger partial charge in [0.05, 0.1) is 11.0 Å². The Bertz CT molecular complexity index is 855. The number of rotatable bonds is 4. The molecule has 128 valence electrons. The zero-order chi connectivity index (χ0) is 17.1. The van der Waals surface area contributed by atoms with Crippen molar-refractivity contribution < 1.29 is 4.74 Å². The summed E-state index contributed by atoms with van der Waals surface area (Å²) in [6, 6.07) is 16.2. The monoisotopic (exact) mass is 333 g/mol. The minimum Gasteiger partial charge on any atom is -0.436 e. The molecule has 1 fully saturated rings. The Kier molecular flexibility index (Phi) is 4.51. The molecule has 4 heteroatoms. The van der Waals surface area contributed by atoms with Crippen molar-refractivity contribution in [1.82, 2.24) is 9.97 Å². The van der Waals surface area contributed by atoms with Gasteiger partial charge >= 0.3 is 0 Å². The number of ether oxygens (including phenoxy) is 1. The number of para-hydroxylation sites is 2. The topological polar surface area (TPSA) is 38.3 Å². The van der Waals surface area contributed by atoms with Crippen LogP contribution in [0.1, 0.15) is 31.7 Å². The molecule has 0 amide bonds. The molecule has 0 aliphatic carbocycles. The van der Waals surface area contributed by atoms with Crippen molar-refractivity contribution >= 4 is 16.9 Å². The van der Waals surface area contributed by atoms with Crippen LogP contribution >= 0.6 is 0 Å². The van der Waals surface area contributed by atoms with Gasteiger partial charge in [0.1, 0.15) is 5.75 Å². The van der Waals surface area contributed by atoms with Crippen molar-refractivity contribution in [3.05, 3.63) is 54.1 Å². The summed E-state index contributed by atoms with van der Waals surface area (Å²) in [5.41, 5.74) is 3.08. The van der Waals surface area contributed by atoms with Crippen molar-refractivity contribution in [1.29, 1.82) is 0 Å². The standard InChI is InChI=1S/C21H23N3O/c1-2-16-10-12-17(13-11-16)25-21-20(24-14-6-3-7-15-24)22-18-8-4-5-9-19(18)23-21/h4-5,8-13H,2-3,6-7,14-15H2,1H3. The van der Waals surface area contributed by atoms with Crippen LogP contribution in [0.15, 0.2) is 48.5 Å². The summed E-state index contributed by atoms with van der Waals surface area (Å²) < 4.78 is 6.16. The van der Waals surface area contributed by atoms with Crippen LogP contribution in [0.4, 0.5) is 5.82 Å². The first kappa shape index (κ1) is 15.9. The maximum atomic E-state index is 6.16. The molecule has 0 spiro atoms. The molecule has 0 atom stereocenters. The molecule has 2 heterocycles. The van der Waals surface area contributed by atoms with Gasteiger partial charge in [0.2, 0.25) is 0 Å². The molecule has 0 bridgehead atoms. The molecule has 0 saturated carbocycles. The van der Waals surface area contributed by atoms with Gasteiger partial charge in [-0.05, 0) is 55.5 Å². The summed E-state index contributed by atoms with van der Waals surface area (Å²) in [7, 11) is 0. The molecule has 1 aliphatic heterocycles. The van der Waals surface area contributed by atoms with Gasteiger partial charge in [0.25, 0.3) is 5.88 Å². The number of anilines is 1.